The van der Waals surface area contributed by atoms with Crippen molar-refractivity contribution < 1.29 is 9.52 Å². The molecule has 14 heavy (non-hydrogen) atoms. The van der Waals surface area contributed by atoms with Crippen LogP contribution in [0.3, 0.4) is 0 Å². The molecular formula is C10H17NO2S. The normalized spacial score (nSPS) is 13.0. The van der Waals surface area contributed by atoms with Gasteiger partial charge in [0.05, 0.1) is 19.4 Å². The van der Waals surface area contributed by atoms with Gasteiger partial charge in [-0.15, -0.1) is 0 Å². The number of nitrogens with one attached hydrogen (secondary N) is 1. The third kappa shape index (κ3) is 4.17. The first-order chi connectivity index (χ1) is 6.86. The van der Waals surface area contributed by atoms with Crippen molar-refractivity contribution in [2.45, 2.75) is 19.0 Å². The fraction of sp³-hybridized carbons (Fsp3) is 0.600. The monoisotopic (exact) mass is 215 g/mol. The van der Waals surface area contributed by atoms with E-state index in [0.717, 1.165) is 17.9 Å². The maximum absolute atomic E-state index is 9.08. The Labute approximate surface area is 88.9 Å². The molecule has 4 heteroatoms. The number of hydrogen-bond donors (Lipinski definition) is 2. The van der Waals surface area contributed by atoms with Gasteiger partial charge in [-0.1, -0.05) is 0 Å². The lowest BCUT2D eigenvalue weighted by atomic mass is 10.2. The molecule has 1 heterocycles. The first-order valence-electron chi connectivity index (χ1n) is 4.72. The molecule has 1 aromatic rings. The number of thioether (sulfide) groups is 1. The van der Waals surface area contributed by atoms with Crippen LogP contribution in [0.1, 0.15) is 12.2 Å². The minimum atomic E-state index is 0.174. The van der Waals surface area contributed by atoms with Crippen LogP contribution in [-0.2, 0) is 6.54 Å². The van der Waals surface area contributed by atoms with Crippen LogP contribution in [0.4, 0.5) is 0 Å². The number of aliphatic hydroxyl groups excluding tert-OH is 1. The zero-order chi connectivity index (χ0) is 10.2. The highest BCUT2D eigenvalue weighted by atomic mass is 32.2. The van der Waals surface area contributed by atoms with Crippen molar-refractivity contribution in [2.24, 2.45) is 0 Å². The third-order valence-electron chi connectivity index (χ3n) is 2.04. The van der Waals surface area contributed by atoms with Crippen LogP contribution in [0.2, 0.25) is 0 Å². The average molecular weight is 215 g/mol. The van der Waals surface area contributed by atoms with Crippen LogP contribution in [0.15, 0.2) is 22.8 Å². The summed E-state index contributed by atoms with van der Waals surface area (Å²) < 4.78 is 5.18. The lowest BCUT2D eigenvalue weighted by molar-refractivity contribution is 0.236. The summed E-state index contributed by atoms with van der Waals surface area (Å²) >= 11 is 1.79. The molecule has 80 valence electrons. The second-order valence-corrected chi connectivity index (χ2v) is 4.11. The summed E-state index contributed by atoms with van der Waals surface area (Å²) in [5.41, 5.74) is 0. The minimum Gasteiger partial charge on any atom is -0.468 e. The van der Waals surface area contributed by atoms with E-state index in [-0.39, 0.29) is 12.6 Å². The molecular weight excluding hydrogens is 198 g/mol. The second kappa shape index (κ2) is 6.92. The van der Waals surface area contributed by atoms with Gasteiger partial charge in [-0.2, -0.15) is 11.8 Å². The van der Waals surface area contributed by atoms with Gasteiger partial charge in [0.15, 0.2) is 0 Å². The van der Waals surface area contributed by atoms with E-state index >= 15 is 0 Å². The van der Waals surface area contributed by atoms with E-state index in [2.05, 4.69) is 11.6 Å². The zero-order valence-corrected chi connectivity index (χ0v) is 9.22. The van der Waals surface area contributed by atoms with Crippen LogP contribution in [0.25, 0.3) is 0 Å². The van der Waals surface area contributed by atoms with Gasteiger partial charge in [0.1, 0.15) is 5.76 Å². The van der Waals surface area contributed by atoms with Crippen LogP contribution in [-0.4, -0.2) is 29.8 Å². The highest BCUT2D eigenvalue weighted by Gasteiger charge is 2.06. The van der Waals surface area contributed by atoms with E-state index in [9.17, 15) is 0 Å². The number of hydrogen-bond acceptors (Lipinski definition) is 4. The molecule has 0 aliphatic rings. The van der Waals surface area contributed by atoms with Crippen LogP contribution >= 0.6 is 11.8 Å². The Morgan fingerprint density at radius 3 is 3.07 bits per heavy atom. The van der Waals surface area contributed by atoms with E-state index in [1.165, 1.54) is 0 Å². The molecule has 1 rings (SSSR count). The van der Waals surface area contributed by atoms with Crippen molar-refractivity contribution in [3.63, 3.8) is 0 Å². The molecule has 0 saturated heterocycles. The van der Waals surface area contributed by atoms with Gasteiger partial charge in [0.25, 0.3) is 0 Å². The Kier molecular flexibility index (Phi) is 5.75. The van der Waals surface area contributed by atoms with Gasteiger partial charge in [-0.25, -0.2) is 0 Å². The summed E-state index contributed by atoms with van der Waals surface area (Å²) in [6.45, 7) is 0.869. The molecule has 0 saturated carbocycles. The fourth-order valence-corrected chi connectivity index (χ4v) is 1.70. The predicted octanol–water partition coefficient (Wildman–Crippen LogP) is 1.48. The standard InChI is InChI=1S/C10H17NO2S/c1-14-6-4-9(8-12)11-7-10-3-2-5-13-10/h2-3,5,9,11-12H,4,6-8H2,1H3. The topological polar surface area (TPSA) is 45.4 Å². The zero-order valence-electron chi connectivity index (χ0n) is 8.40. The van der Waals surface area contributed by atoms with Gasteiger partial charge >= 0.3 is 0 Å². The van der Waals surface area contributed by atoms with Crippen molar-refractivity contribution in [2.75, 3.05) is 18.6 Å². The second-order valence-electron chi connectivity index (χ2n) is 3.12. The van der Waals surface area contributed by atoms with Crippen molar-refractivity contribution in [1.82, 2.24) is 5.32 Å². The van der Waals surface area contributed by atoms with Crippen molar-refractivity contribution in [3.05, 3.63) is 24.2 Å². The molecule has 3 nitrogen and oxygen atoms in total. The Morgan fingerprint density at radius 1 is 1.64 bits per heavy atom. The Hall–Kier alpha value is -0.450. The molecule has 0 fully saturated rings. The third-order valence-corrected chi connectivity index (χ3v) is 2.68. The first kappa shape index (κ1) is 11.6. The van der Waals surface area contributed by atoms with E-state index in [1.807, 2.05) is 12.1 Å². The lowest BCUT2D eigenvalue weighted by Gasteiger charge is -2.14. The van der Waals surface area contributed by atoms with Crippen molar-refractivity contribution >= 4 is 11.8 Å². The van der Waals surface area contributed by atoms with Gasteiger partial charge in [0.2, 0.25) is 0 Å². The minimum absolute atomic E-state index is 0.174. The molecule has 0 spiro atoms. The van der Waals surface area contributed by atoms with Gasteiger partial charge < -0.3 is 14.8 Å². The van der Waals surface area contributed by atoms with Gasteiger partial charge in [-0.05, 0) is 30.6 Å². The quantitative estimate of drug-likeness (QED) is 0.723. The van der Waals surface area contributed by atoms with Crippen molar-refractivity contribution in [3.8, 4) is 0 Å². The summed E-state index contributed by atoms with van der Waals surface area (Å²) in [6.07, 6.45) is 4.71. The summed E-state index contributed by atoms with van der Waals surface area (Å²) in [7, 11) is 0. The molecule has 0 aromatic carbocycles. The molecule has 0 amide bonds. The fourth-order valence-electron chi connectivity index (χ4n) is 1.18. The molecule has 1 atom stereocenters. The number of furan rings is 1. The highest BCUT2D eigenvalue weighted by molar-refractivity contribution is 7.98. The molecule has 0 radical (unpaired) electrons. The Morgan fingerprint density at radius 2 is 2.50 bits per heavy atom. The molecule has 1 unspecified atom stereocenters. The Balaban J connectivity index is 2.20. The van der Waals surface area contributed by atoms with E-state index < -0.39 is 0 Å². The summed E-state index contributed by atoms with van der Waals surface area (Å²) in [5, 5.41) is 12.3. The number of aliphatic hydroxyl groups is 1. The first-order valence-corrected chi connectivity index (χ1v) is 6.11. The molecule has 1 aromatic heterocycles. The SMILES string of the molecule is CSCCC(CO)NCc1ccco1. The maximum atomic E-state index is 9.08. The molecule has 2 N–H and O–H groups in total. The average Bonchev–Trinajstić information content (AvgIpc) is 2.71. The lowest BCUT2D eigenvalue weighted by Crippen LogP contribution is -2.32. The molecule has 0 aliphatic carbocycles. The molecule has 0 bridgehead atoms. The predicted molar refractivity (Wildman–Crippen MR) is 59.4 cm³/mol. The van der Waals surface area contributed by atoms with Crippen LogP contribution in [0.5, 0.6) is 0 Å². The Bertz CT molecular complexity index is 226. The van der Waals surface area contributed by atoms with Gasteiger partial charge in [-0.3, -0.25) is 0 Å². The van der Waals surface area contributed by atoms with E-state index in [0.29, 0.717) is 6.54 Å². The van der Waals surface area contributed by atoms with E-state index in [1.54, 1.807) is 18.0 Å². The van der Waals surface area contributed by atoms with Crippen LogP contribution in [0, 0.1) is 0 Å². The van der Waals surface area contributed by atoms with E-state index in [4.69, 9.17) is 9.52 Å². The van der Waals surface area contributed by atoms with Gasteiger partial charge in [0, 0.05) is 6.04 Å². The van der Waals surface area contributed by atoms with Crippen molar-refractivity contribution in [1.29, 1.82) is 0 Å². The maximum Gasteiger partial charge on any atom is 0.117 e. The molecule has 0 aliphatic heterocycles. The smallest absolute Gasteiger partial charge is 0.117 e. The summed E-state index contributed by atoms with van der Waals surface area (Å²) in [5.74, 6) is 1.98. The number of rotatable bonds is 7. The summed E-state index contributed by atoms with van der Waals surface area (Å²) in [6, 6.07) is 3.97. The summed E-state index contributed by atoms with van der Waals surface area (Å²) in [4.78, 5) is 0. The largest absolute Gasteiger partial charge is 0.468 e. The van der Waals surface area contributed by atoms with Crippen LogP contribution < -0.4 is 5.32 Å². The highest BCUT2D eigenvalue weighted by Crippen LogP contribution is 2.03.